The lowest BCUT2D eigenvalue weighted by Gasteiger charge is -2.19. The summed E-state index contributed by atoms with van der Waals surface area (Å²) in [5, 5.41) is 3.32. The molecule has 19 heavy (non-hydrogen) atoms. The number of halogens is 1. The lowest BCUT2D eigenvalue weighted by Crippen LogP contribution is -2.31. The number of anilines is 1. The van der Waals surface area contributed by atoms with E-state index < -0.39 is 0 Å². The van der Waals surface area contributed by atoms with E-state index in [1.807, 2.05) is 18.0 Å². The summed E-state index contributed by atoms with van der Waals surface area (Å²) in [6, 6.07) is 6.66. The van der Waals surface area contributed by atoms with E-state index in [0.717, 1.165) is 45.0 Å². The van der Waals surface area contributed by atoms with Crippen LogP contribution in [0.25, 0.3) is 0 Å². The maximum atomic E-state index is 13.1. The summed E-state index contributed by atoms with van der Waals surface area (Å²) in [6.45, 7) is 6.33. The van der Waals surface area contributed by atoms with Gasteiger partial charge in [0.05, 0.1) is 6.61 Å². The molecule has 0 heterocycles. The number of likely N-dealkylation sites (N-methyl/N-ethyl adjacent to an activating group) is 1. The molecule has 0 unspecified atom stereocenters. The van der Waals surface area contributed by atoms with Gasteiger partial charge in [0.15, 0.2) is 0 Å². The Bertz CT molecular complexity index is 347. The first kappa shape index (κ1) is 15.9. The van der Waals surface area contributed by atoms with Crippen LogP contribution >= 0.6 is 0 Å². The van der Waals surface area contributed by atoms with Gasteiger partial charge in [0, 0.05) is 39.0 Å². The van der Waals surface area contributed by atoms with E-state index in [1.165, 1.54) is 12.5 Å². The summed E-state index contributed by atoms with van der Waals surface area (Å²) in [6.07, 6.45) is 2.30. The second kappa shape index (κ2) is 9.75. The molecule has 0 aromatic heterocycles. The molecule has 0 spiro atoms. The molecule has 0 atom stereocenters. The first-order valence-electron chi connectivity index (χ1n) is 6.99. The van der Waals surface area contributed by atoms with Crippen molar-refractivity contribution >= 4 is 5.69 Å². The lowest BCUT2D eigenvalue weighted by atomic mass is 10.3. The van der Waals surface area contributed by atoms with Crippen molar-refractivity contribution in [1.82, 2.24) is 5.32 Å². The van der Waals surface area contributed by atoms with Crippen molar-refractivity contribution in [3.05, 3.63) is 30.1 Å². The van der Waals surface area contributed by atoms with E-state index in [2.05, 4.69) is 12.2 Å². The minimum Gasteiger partial charge on any atom is -0.380 e. The van der Waals surface area contributed by atoms with Gasteiger partial charge in [-0.25, -0.2) is 4.39 Å². The minimum absolute atomic E-state index is 0.193. The van der Waals surface area contributed by atoms with Crippen molar-refractivity contribution in [2.45, 2.75) is 19.8 Å². The molecule has 1 aromatic carbocycles. The number of unbranched alkanes of at least 4 members (excludes halogenated alkanes) is 1. The van der Waals surface area contributed by atoms with Crippen molar-refractivity contribution in [3.8, 4) is 0 Å². The molecule has 0 aliphatic heterocycles. The predicted molar refractivity (Wildman–Crippen MR) is 78.3 cm³/mol. The van der Waals surface area contributed by atoms with E-state index in [0.29, 0.717) is 0 Å². The van der Waals surface area contributed by atoms with Crippen LogP contribution in [0.3, 0.4) is 0 Å². The molecule has 4 heteroatoms. The topological polar surface area (TPSA) is 24.5 Å². The van der Waals surface area contributed by atoms with E-state index in [-0.39, 0.29) is 5.82 Å². The number of hydrogen-bond donors (Lipinski definition) is 1. The van der Waals surface area contributed by atoms with Gasteiger partial charge < -0.3 is 15.0 Å². The minimum atomic E-state index is -0.193. The molecule has 3 nitrogen and oxygen atoms in total. The number of benzene rings is 1. The highest BCUT2D eigenvalue weighted by molar-refractivity contribution is 5.45. The molecule has 0 saturated carbocycles. The van der Waals surface area contributed by atoms with Crippen LogP contribution in [-0.2, 0) is 4.74 Å². The van der Waals surface area contributed by atoms with Crippen LogP contribution in [0.15, 0.2) is 24.3 Å². The monoisotopic (exact) mass is 268 g/mol. The first-order chi connectivity index (χ1) is 9.24. The normalized spacial score (nSPS) is 10.7. The zero-order chi connectivity index (χ0) is 13.9. The van der Waals surface area contributed by atoms with Crippen molar-refractivity contribution in [2.24, 2.45) is 0 Å². The predicted octanol–water partition coefficient (Wildman–Crippen LogP) is 2.67. The molecule has 108 valence electrons. The summed E-state index contributed by atoms with van der Waals surface area (Å²) in [7, 11) is 1.97. The number of ether oxygens (including phenoxy) is 1. The van der Waals surface area contributed by atoms with Crippen LogP contribution in [0.1, 0.15) is 19.8 Å². The fraction of sp³-hybridized carbons (Fsp3) is 0.600. The van der Waals surface area contributed by atoms with Gasteiger partial charge >= 0.3 is 0 Å². The quantitative estimate of drug-likeness (QED) is 0.660. The highest BCUT2D eigenvalue weighted by atomic mass is 19.1. The fourth-order valence-corrected chi connectivity index (χ4v) is 1.71. The molecule has 0 bridgehead atoms. The van der Waals surface area contributed by atoms with Gasteiger partial charge in [0.25, 0.3) is 0 Å². The number of nitrogens with zero attached hydrogens (tertiary/aromatic N) is 1. The first-order valence-corrected chi connectivity index (χ1v) is 6.99. The molecule has 1 rings (SSSR count). The van der Waals surface area contributed by atoms with Crippen molar-refractivity contribution in [2.75, 3.05) is 44.8 Å². The zero-order valence-electron chi connectivity index (χ0n) is 12.0. The van der Waals surface area contributed by atoms with Crippen molar-refractivity contribution in [3.63, 3.8) is 0 Å². The van der Waals surface area contributed by atoms with Gasteiger partial charge in [-0.15, -0.1) is 0 Å². The van der Waals surface area contributed by atoms with E-state index >= 15 is 0 Å². The molecule has 0 aliphatic carbocycles. The third-order valence-corrected chi connectivity index (χ3v) is 2.94. The van der Waals surface area contributed by atoms with Crippen LogP contribution in [0, 0.1) is 5.82 Å². The Kier molecular flexibility index (Phi) is 8.18. The highest BCUT2D eigenvalue weighted by Gasteiger charge is 2.01. The largest absolute Gasteiger partial charge is 0.380 e. The Balaban J connectivity index is 2.06. The van der Waals surface area contributed by atoms with Crippen molar-refractivity contribution < 1.29 is 9.13 Å². The molecule has 0 aliphatic rings. The number of rotatable bonds is 10. The average Bonchev–Trinajstić information content (AvgIpc) is 2.41. The summed E-state index contributed by atoms with van der Waals surface area (Å²) in [4.78, 5) is 2.04. The Morgan fingerprint density at radius 2 is 2.11 bits per heavy atom. The Morgan fingerprint density at radius 1 is 1.26 bits per heavy atom. The third kappa shape index (κ3) is 7.13. The zero-order valence-corrected chi connectivity index (χ0v) is 12.0. The smallest absolute Gasteiger partial charge is 0.125 e. The van der Waals surface area contributed by atoms with E-state index in [1.54, 1.807) is 12.1 Å². The van der Waals surface area contributed by atoms with Gasteiger partial charge in [0.1, 0.15) is 5.82 Å². The molecule has 1 N–H and O–H groups in total. The van der Waals surface area contributed by atoms with Gasteiger partial charge in [0.2, 0.25) is 0 Å². The summed E-state index contributed by atoms with van der Waals surface area (Å²) in [5.74, 6) is -0.193. The standard InChI is InChI=1S/C15H25FN2O/c1-3-4-11-19-12-9-17-8-10-18(2)15-7-5-6-14(16)13-15/h5-7,13,17H,3-4,8-12H2,1-2H3. The summed E-state index contributed by atoms with van der Waals surface area (Å²) >= 11 is 0. The maximum absolute atomic E-state index is 13.1. The number of nitrogens with one attached hydrogen (secondary N) is 1. The van der Waals surface area contributed by atoms with Crippen molar-refractivity contribution in [1.29, 1.82) is 0 Å². The van der Waals surface area contributed by atoms with E-state index in [4.69, 9.17) is 4.74 Å². The van der Waals surface area contributed by atoms with Crippen LogP contribution in [0.5, 0.6) is 0 Å². The van der Waals surface area contributed by atoms with Gasteiger partial charge in [-0.1, -0.05) is 19.4 Å². The highest BCUT2D eigenvalue weighted by Crippen LogP contribution is 2.12. The molecule has 0 saturated heterocycles. The molecule has 0 fully saturated rings. The van der Waals surface area contributed by atoms with Crippen LogP contribution in [0.2, 0.25) is 0 Å². The molecule has 1 aromatic rings. The Hall–Kier alpha value is -1.13. The maximum Gasteiger partial charge on any atom is 0.125 e. The Labute approximate surface area is 115 Å². The average molecular weight is 268 g/mol. The van der Waals surface area contributed by atoms with Gasteiger partial charge in [-0.05, 0) is 24.6 Å². The van der Waals surface area contributed by atoms with Crippen LogP contribution < -0.4 is 10.2 Å². The van der Waals surface area contributed by atoms with Crippen LogP contribution in [-0.4, -0.2) is 39.9 Å². The Morgan fingerprint density at radius 3 is 2.84 bits per heavy atom. The molecule has 0 amide bonds. The second-order valence-corrected chi connectivity index (χ2v) is 4.62. The van der Waals surface area contributed by atoms with Crippen LogP contribution in [0.4, 0.5) is 10.1 Å². The molecular formula is C15H25FN2O. The molecular weight excluding hydrogens is 243 g/mol. The summed E-state index contributed by atoms with van der Waals surface area (Å²) < 4.78 is 18.5. The lowest BCUT2D eigenvalue weighted by molar-refractivity contribution is 0.133. The summed E-state index contributed by atoms with van der Waals surface area (Å²) in [5.41, 5.74) is 0.904. The second-order valence-electron chi connectivity index (χ2n) is 4.62. The van der Waals surface area contributed by atoms with Gasteiger partial charge in [-0.2, -0.15) is 0 Å². The molecule has 0 radical (unpaired) electrons. The third-order valence-electron chi connectivity index (χ3n) is 2.94. The van der Waals surface area contributed by atoms with Gasteiger partial charge in [-0.3, -0.25) is 0 Å². The number of hydrogen-bond acceptors (Lipinski definition) is 3. The SMILES string of the molecule is CCCCOCCNCCN(C)c1cccc(F)c1. The van der Waals surface area contributed by atoms with E-state index in [9.17, 15) is 4.39 Å². The fourth-order valence-electron chi connectivity index (χ4n) is 1.71.